The Morgan fingerprint density at radius 3 is 2.44 bits per heavy atom. The molecule has 0 radical (unpaired) electrons. The molecule has 2 aromatic rings. The predicted molar refractivity (Wildman–Crippen MR) is 106 cm³/mol. The second-order valence-corrected chi connectivity index (χ2v) is 8.66. The number of nitrogens with one attached hydrogen (secondary N) is 2. The van der Waals surface area contributed by atoms with Gasteiger partial charge in [0.2, 0.25) is 5.91 Å². The van der Waals surface area contributed by atoms with Crippen molar-refractivity contribution in [1.29, 1.82) is 10.7 Å². The zero-order chi connectivity index (χ0) is 19.2. The number of benzene rings is 1. The van der Waals surface area contributed by atoms with Crippen molar-refractivity contribution in [2.24, 2.45) is 0 Å². The van der Waals surface area contributed by atoms with Crippen molar-refractivity contribution in [1.82, 2.24) is 10.2 Å². The zero-order valence-corrected chi connectivity index (χ0v) is 16.3. The maximum atomic E-state index is 13.2. The van der Waals surface area contributed by atoms with E-state index in [2.05, 4.69) is 35.7 Å². The average molecular weight is 379 g/mol. The van der Waals surface area contributed by atoms with Crippen molar-refractivity contribution in [3.05, 3.63) is 57.3 Å². The van der Waals surface area contributed by atoms with Gasteiger partial charge in [0.25, 0.3) is 0 Å². The summed E-state index contributed by atoms with van der Waals surface area (Å²) in [5.74, 6) is 0.162. The highest BCUT2D eigenvalue weighted by molar-refractivity contribution is 7.12. The lowest BCUT2D eigenvalue weighted by Crippen LogP contribution is -2.62. The summed E-state index contributed by atoms with van der Waals surface area (Å²) in [6, 6.07) is 14.2. The molecule has 27 heavy (non-hydrogen) atoms. The first-order chi connectivity index (χ1) is 12.9. The molecule has 2 N–H and O–H groups in total. The van der Waals surface area contributed by atoms with E-state index in [0.29, 0.717) is 10.8 Å². The Kier molecular flexibility index (Phi) is 4.27. The van der Waals surface area contributed by atoms with E-state index in [4.69, 9.17) is 5.41 Å². The van der Waals surface area contributed by atoms with E-state index in [1.54, 1.807) is 13.1 Å². The van der Waals surface area contributed by atoms with Crippen molar-refractivity contribution in [3.8, 4) is 6.07 Å². The minimum absolute atomic E-state index is 0.0803. The third kappa shape index (κ3) is 2.83. The number of rotatable bonds is 3. The van der Waals surface area contributed by atoms with Crippen LogP contribution in [-0.2, 0) is 10.3 Å². The van der Waals surface area contributed by atoms with Crippen molar-refractivity contribution in [3.63, 3.8) is 0 Å². The minimum atomic E-state index is -0.765. The summed E-state index contributed by atoms with van der Waals surface area (Å²) >= 11 is 1.37. The normalized spacial score (nSPS) is 25.7. The number of carbonyl (C=O) groups is 1. The molecule has 2 heterocycles. The molecule has 1 amide bonds. The molecule has 2 atom stereocenters. The van der Waals surface area contributed by atoms with E-state index < -0.39 is 11.5 Å². The topological polar surface area (TPSA) is 80.0 Å². The van der Waals surface area contributed by atoms with Crippen LogP contribution in [0.5, 0.6) is 0 Å². The predicted octanol–water partition coefficient (Wildman–Crippen LogP) is 3.88. The molecule has 138 valence electrons. The third-order valence-electron chi connectivity index (χ3n) is 5.94. The van der Waals surface area contributed by atoms with Crippen LogP contribution in [0.4, 0.5) is 0 Å². The molecule has 5 nitrogen and oxygen atoms in total. The maximum Gasteiger partial charge on any atom is 0.239 e. The lowest BCUT2D eigenvalue weighted by atomic mass is 9.75. The van der Waals surface area contributed by atoms with Crippen LogP contribution in [0.3, 0.4) is 0 Å². The number of thiophene rings is 1. The molecule has 0 spiro atoms. The molecule has 1 unspecified atom stereocenters. The summed E-state index contributed by atoms with van der Waals surface area (Å²) in [6.07, 6.45) is 3.78. The van der Waals surface area contributed by atoms with Gasteiger partial charge in [-0.3, -0.25) is 15.1 Å². The van der Waals surface area contributed by atoms with E-state index >= 15 is 0 Å². The maximum absolute atomic E-state index is 13.2. The van der Waals surface area contributed by atoms with E-state index in [9.17, 15) is 10.1 Å². The molecule has 1 aromatic carbocycles. The number of nitriles is 1. The molecular weight excluding hydrogens is 356 g/mol. The van der Waals surface area contributed by atoms with Gasteiger partial charge in [-0.2, -0.15) is 5.26 Å². The first-order valence-electron chi connectivity index (χ1n) is 9.18. The van der Waals surface area contributed by atoms with E-state index in [0.717, 1.165) is 10.4 Å². The van der Waals surface area contributed by atoms with E-state index in [-0.39, 0.29) is 11.9 Å². The van der Waals surface area contributed by atoms with Gasteiger partial charge < -0.3 is 5.32 Å². The van der Waals surface area contributed by atoms with Crippen molar-refractivity contribution in [2.45, 2.75) is 43.6 Å². The smallest absolute Gasteiger partial charge is 0.239 e. The number of guanidine groups is 1. The van der Waals surface area contributed by atoms with Crippen LogP contribution in [0.1, 0.15) is 58.9 Å². The Morgan fingerprint density at radius 2 is 1.89 bits per heavy atom. The summed E-state index contributed by atoms with van der Waals surface area (Å²) in [5.41, 5.74) is 1.51. The second-order valence-electron chi connectivity index (χ2n) is 7.58. The van der Waals surface area contributed by atoms with Gasteiger partial charge in [-0.05, 0) is 48.9 Å². The highest BCUT2D eigenvalue weighted by atomic mass is 32.1. The number of nitrogens with zero attached hydrogens (tertiary/aromatic N) is 2. The standard InChI is InChI=1S/C21H22N4OS/c1-21(17-11-10-16(12-22)27-17)18(19(26)25(2)20(23)24-21)15-8-6-14(7-9-15)13-4-3-5-13/h6-11,13,18H,3-5H2,1-2H3,(H2,23,24)/t18?,21-/m1/s1. The van der Waals surface area contributed by atoms with Gasteiger partial charge in [0.1, 0.15) is 10.9 Å². The van der Waals surface area contributed by atoms with Crippen LogP contribution in [0.2, 0.25) is 0 Å². The SMILES string of the molecule is CN1C(=N)N[C@](C)(c2ccc(C#N)s2)C(c2ccc(C3CCC3)cc2)C1=O. The molecule has 0 bridgehead atoms. The molecular formula is C21H22N4OS. The fourth-order valence-corrected chi connectivity index (χ4v) is 4.95. The quantitative estimate of drug-likeness (QED) is 0.850. The van der Waals surface area contributed by atoms with Gasteiger partial charge in [0.05, 0.1) is 11.5 Å². The van der Waals surface area contributed by atoms with Crippen LogP contribution in [0.25, 0.3) is 0 Å². The molecule has 1 saturated carbocycles. The summed E-state index contributed by atoms with van der Waals surface area (Å²) in [7, 11) is 1.63. The molecule has 1 saturated heterocycles. The Labute approximate surface area is 163 Å². The van der Waals surface area contributed by atoms with Crippen LogP contribution in [0, 0.1) is 16.7 Å². The van der Waals surface area contributed by atoms with Gasteiger partial charge >= 0.3 is 0 Å². The number of carbonyl (C=O) groups excluding carboxylic acids is 1. The minimum Gasteiger partial charge on any atom is -0.345 e. The number of hydrogen-bond donors (Lipinski definition) is 2. The molecule has 2 fully saturated rings. The summed E-state index contributed by atoms with van der Waals surface area (Å²) in [5, 5.41) is 20.6. The summed E-state index contributed by atoms with van der Waals surface area (Å²) in [4.78, 5) is 16.0. The highest BCUT2D eigenvalue weighted by Crippen LogP contribution is 2.44. The Morgan fingerprint density at radius 1 is 1.22 bits per heavy atom. The van der Waals surface area contributed by atoms with Gasteiger partial charge in [-0.25, -0.2) is 0 Å². The van der Waals surface area contributed by atoms with Gasteiger partial charge in [-0.1, -0.05) is 30.7 Å². The van der Waals surface area contributed by atoms with Crippen LogP contribution in [0.15, 0.2) is 36.4 Å². The molecule has 1 aliphatic heterocycles. The zero-order valence-electron chi connectivity index (χ0n) is 15.5. The van der Waals surface area contributed by atoms with Gasteiger partial charge in [0, 0.05) is 11.9 Å². The van der Waals surface area contributed by atoms with Crippen LogP contribution < -0.4 is 5.32 Å². The van der Waals surface area contributed by atoms with Crippen LogP contribution >= 0.6 is 11.3 Å². The fraction of sp³-hybridized carbons (Fsp3) is 0.381. The van der Waals surface area contributed by atoms with Gasteiger partial charge in [-0.15, -0.1) is 11.3 Å². The molecule has 1 aliphatic carbocycles. The first-order valence-corrected chi connectivity index (χ1v) is 10.0. The first kappa shape index (κ1) is 17.7. The monoisotopic (exact) mass is 378 g/mol. The molecule has 2 aliphatic rings. The van der Waals surface area contributed by atoms with E-state index in [1.807, 2.05) is 13.0 Å². The molecule has 6 heteroatoms. The average Bonchev–Trinajstić information content (AvgIpc) is 3.10. The summed E-state index contributed by atoms with van der Waals surface area (Å²) in [6.45, 7) is 1.95. The second kappa shape index (κ2) is 6.50. The Bertz CT molecular complexity index is 938. The lowest BCUT2D eigenvalue weighted by Gasteiger charge is -2.45. The Balaban J connectivity index is 1.76. The highest BCUT2D eigenvalue weighted by Gasteiger charge is 2.49. The largest absolute Gasteiger partial charge is 0.345 e. The lowest BCUT2D eigenvalue weighted by molar-refractivity contribution is -0.131. The van der Waals surface area contributed by atoms with Crippen molar-refractivity contribution < 1.29 is 4.79 Å². The number of likely N-dealkylation sites (N-methyl/N-ethyl adjacent to an activating group) is 1. The summed E-state index contributed by atoms with van der Waals surface area (Å²) < 4.78 is 0. The fourth-order valence-electron chi connectivity index (χ4n) is 4.01. The van der Waals surface area contributed by atoms with Gasteiger partial charge in [0.15, 0.2) is 5.96 Å². The third-order valence-corrected chi connectivity index (χ3v) is 7.17. The number of amides is 1. The molecule has 1 aromatic heterocycles. The van der Waals surface area contributed by atoms with Crippen molar-refractivity contribution >= 4 is 23.2 Å². The van der Waals surface area contributed by atoms with E-state index in [1.165, 1.54) is 41.1 Å². The van der Waals surface area contributed by atoms with Crippen LogP contribution in [-0.4, -0.2) is 23.8 Å². The molecule has 4 rings (SSSR count). The number of hydrogen-bond acceptors (Lipinski definition) is 4. The Hall–Kier alpha value is -2.65. The van der Waals surface area contributed by atoms with Crippen molar-refractivity contribution in [2.75, 3.05) is 7.05 Å².